The molecule has 0 bridgehead atoms. The summed E-state index contributed by atoms with van der Waals surface area (Å²) < 4.78 is 52.8. The molecule has 0 aliphatic heterocycles. The van der Waals surface area contributed by atoms with Crippen molar-refractivity contribution < 1.29 is 56.5 Å². The highest BCUT2D eigenvalue weighted by atomic mass is 35.5. The SMILES string of the molecule is COc1cc(OC)nc(NC(=O)NS(=O)(=O)c2ncccc2C(=O)N(C)C)n1.CP(=O)(O)CCC(N)C(=O)O.Nc1c([N+](=O)[O-])ccc(Oc2ccccc2)c1Cl. The van der Waals surface area contributed by atoms with Crippen LogP contribution < -0.4 is 35.7 Å². The number of hydrogen-bond donors (Lipinski definition) is 6. The second-order valence-corrected chi connectivity index (χ2v) is 15.9. The van der Waals surface area contributed by atoms with Crippen LogP contribution in [-0.4, -0.2) is 108 Å². The number of amides is 3. The summed E-state index contributed by atoms with van der Waals surface area (Å²) in [6.45, 7) is 1.18. The molecule has 0 aliphatic rings. The Balaban J connectivity index is 0.000000330. The number of carboxylic acids is 1. The van der Waals surface area contributed by atoms with Gasteiger partial charge in [0.2, 0.25) is 17.7 Å². The predicted octanol–water partition coefficient (Wildman–Crippen LogP) is 3.41. The Bertz CT molecular complexity index is 2190. The lowest BCUT2D eigenvalue weighted by molar-refractivity contribution is -0.383. The molecule has 4 rings (SSSR count). The third-order valence-corrected chi connectivity index (χ3v) is 9.44. The number of nitrogens with two attached hydrogens (primary N) is 2. The number of nitro groups is 1. The molecule has 22 nitrogen and oxygen atoms in total. The van der Waals surface area contributed by atoms with Crippen molar-refractivity contribution in [1.29, 1.82) is 0 Å². The van der Waals surface area contributed by atoms with E-state index in [1.807, 2.05) is 6.07 Å². The quantitative estimate of drug-likeness (QED) is 0.0485. The van der Waals surface area contributed by atoms with Crippen molar-refractivity contribution in [2.45, 2.75) is 17.5 Å². The smallest absolute Gasteiger partial charge is 0.335 e. The Morgan fingerprint density at radius 2 is 1.65 bits per heavy atom. The van der Waals surface area contributed by atoms with Crippen LogP contribution in [0.1, 0.15) is 16.8 Å². The predicted molar refractivity (Wildman–Crippen MR) is 207 cm³/mol. The molecule has 2 aromatic carbocycles. The number of methoxy groups -OCH3 is 2. The van der Waals surface area contributed by atoms with E-state index in [9.17, 15) is 37.5 Å². The number of hydrogen-bond acceptors (Lipinski definition) is 16. The lowest BCUT2D eigenvalue weighted by Gasteiger charge is -2.14. The standard InChI is InChI=1S/C15H18N6O6S.C12H9ClN2O3.C5H12NO4P/c1-21(2)13(22)9-6-5-7-16-12(9)28(24,25)20-15(23)19-14-17-10(26-3)8-11(18-14)27-4;13-11-10(18-8-4-2-1-3-5-8)7-6-9(12(11)14)15(16)17;1-11(9,10)3-2-4(6)5(7)8/h5-8H,1-4H3,(H2,17,18,19,20,23);1-7H,14H2;4H,2-3,6H2,1H3,(H,7,8)(H,9,10). The Hall–Kier alpha value is -6.13. The highest BCUT2D eigenvalue weighted by Gasteiger charge is 2.27. The average Bonchev–Trinajstić information content (AvgIpc) is 3.15. The summed E-state index contributed by atoms with van der Waals surface area (Å²) in [5.74, 6) is -0.941. The number of carboxylic acid groups (broad SMARTS) is 1. The van der Waals surface area contributed by atoms with Gasteiger partial charge in [-0.05, 0) is 36.8 Å². The number of carbonyl (C=O) groups excluding carboxylic acids is 2. The van der Waals surface area contributed by atoms with E-state index < -0.39 is 51.3 Å². The molecule has 0 radical (unpaired) electrons. The van der Waals surface area contributed by atoms with Gasteiger partial charge >= 0.3 is 12.0 Å². The molecule has 2 aromatic heterocycles. The molecule has 4 aromatic rings. The minimum atomic E-state index is -4.46. The van der Waals surface area contributed by atoms with E-state index in [1.54, 1.807) is 29.0 Å². The number of benzene rings is 2. The topological polar surface area (TPSA) is 332 Å². The molecule has 2 unspecified atom stereocenters. The number of carbonyl (C=O) groups is 3. The van der Waals surface area contributed by atoms with Crippen LogP contribution in [0, 0.1) is 10.1 Å². The number of rotatable bonds is 13. The van der Waals surface area contributed by atoms with Crippen molar-refractivity contribution in [3.63, 3.8) is 0 Å². The third-order valence-electron chi connectivity index (χ3n) is 6.67. The molecule has 25 heteroatoms. The third kappa shape index (κ3) is 15.1. The zero-order valence-electron chi connectivity index (χ0n) is 30.9. The minimum Gasteiger partial charge on any atom is -0.481 e. The van der Waals surface area contributed by atoms with Gasteiger partial charge in [0.25, 0.3) is 21.6 Å². The van der Waals surface area contributed by atoms with E-state index in [1.165, 1.54) is 76.4 Å². The fourth-order valence-electron chi connectivity index (χ4n) is 3.89. The van der Waals surface area contributed by atoms with Gasteiger partial charge in [-0.3, -0.25) is 29.6 Å². The van der Waals surface area contributed by atoms with Gasteiger partial charge in [0.15, 0.2) is 12.4 Å². The number of aromatic nitrogens is 3. The van der Waals surface area contributed by atoms with Crippen LogP contribution >= 0.6 is 19.0 Å². The molecule has 0 saturated heterocycles. The first-order valence-corrected chi connectivity index (χ1v) is 20.0. The Labute approximate surface area is 330 Å². The summed E-state index contributed by atoms with van der Waals surface area (Å²) >= 11 is 5.94. The largest absolute Gasteiger partial charge is 0.481 e. The minimum absolute atomic E-state index is 0.0352. The van der Waals surface area contributed by atoms with Gasteiger partial charge in [-0.15, -0.1) is 0 Å². The Morgan fingerprint density at radius 1 is 1.05 bits per heavy atom. The highest BCUT2D eigenvalue weighted by Crippen LogP contribution is 2.39. The highest BCUT2D eigenvalue weighted by molar-refractivity contribution is 7.90. The van der Waals surface area contributed by atoms with Crippen molar-refractivity contribution in [1.82, 2.24) is 24.6 Å². The fraction of sp³-hybridized carbons (Fsp3) is 0.250. The lowest BCUT2D eigenvalue weighted by Crippen LogP contribution is -2.36. The van der Waals surface area contributed by atoms with Crippen LogP contribution in [0.25, 0.3) is 0 Å². The van der Waals surface area contributed by atoms with E-state index in [-0.39, 0.29) is 58.0 Å². The van der Waals surface area contributed by atoms with Crippen LogP contribution in [-0.2, 0) is 19.4 Å². The number of aliphatic carboxylic acids is 1. The molecular formula is C32H39ClN9O13PS. The van der Waals surface area contributed by atoms with Crippen LogP contribution in [0.15, 0.2) is 71.9 Å². The van der Waals surface area contributed by atoms with Gasteiger partial charge in [0.1, 0.15) is 28.3 Å². The van der Waals surface area contributed by atoms with Gasteiger partial charge in [0, 0.05) is 39.2 Å². The van der Waals surface area contributed by atoms with Gasteiger partial charge < -0.3 is 40.6 Å². The molecule has 308 valence electrons. The molecule has 2 heterocycles. The van der Waals surface area contributed by atoms with Crippen LogP contribution in [0.5, 0.6) is 23.3 Å². The van der Waals surface area contributed by atoms with Gasteiger partial charge in [0.05, 0.1) is 30.8 Å². The second kappa shape index (κ2) is 21.2. The number of para-hydroxylation sites is 1. The van der Waals surface area contributed by atoms with E-state index in [4.69, 9.17) is 47.3 Å². The van der Waals surface area contributed by atoms with Gasteiger partial charge in [-0.25, -0.2) is 14.5 Å². The van der Waals surface area contributed by atoms with Gasteiger partial charge in [-0.1, -0.05) is 29.8 Å². The number of ether oxygens (including phenoxy) is 3. The number of sulfonamides is 1. The Kier molecular flexibility index (Phi) is 17.5. The lowest BCUT2D eigenvalue weighted by atomic mass is 10.2. The van der Waals surface area contributed by atoms with Crippen molar-refractivity contribution >= 4 is 64.2 Å². The number of nitrogen functional groups attached to an aromatic ring is 1. The van der Waals surface area contributed by atoms with Gasteiger partial charge in [-0.2, -0.15) is 18.4 Å². The summed E-state index contributed by atoms with van der Waals surface area (Å²) in [7, 11) is -1.95. The normalized spacial score (nSPS) is 12.1. The number of pyridine rings is 1. The summed E-state index contributed by atoms with van der Waals surface area (Å²) in [4.78, 5) is 65.9. The Morgan fingerprint density at radius 3 is 2.16 bits per heavy atom. The maximum absolute atomic E-state index is 12.5. The van der Waals surface area contributed by atoms with Crippen LogP contribution in [0.4, 0.5) is 22.1 Å². The number of anilines is 2. The number of nitrogens with zero attached hydrogens (tertiary/aromatic N) is 5. The number of nitrogens with one attached hydrogen (secondary N) is 2. The summed E-state index contributed by atoms with van der Waals surface area (Å²) in [6.07, 6.45) is 1.19. The average molecular weight is 856 g/mol. The van der Waals surface area contributed by atoms with Crippen molar-refractivity contribution in [2.24, 2.45) is 5.73 Å². The molecule has 0 spiro atoms. The molecule has 2 atom stereocenters. The molecule has 0 saturated carbocycles. The molecule has 57 heavy (non-hydrogen) atoms. The van der Waals surface area contributed by atoms with Crippen molar-refractivity contribution in [3.8, 4) is 23.3 Å². The maximum Gasteiger partial charge on any atom is 0.335 e. The summed E-state index contributed by atoms with van der Waals surface area (Å²) in [5.41, 5.74) is 10.2. The first kappa shape index (κ1) is 47.0. The molecule has 0 aliphatic carbocycles. The second-order valence-electron chi connectivity index (χ2n) is 11.4. The first-order chi connectivity index (χ1) is 26.6. The summed E-state index contributed by atoms with van der Waals surface area (Å²) in [6, 6.07) is 13.5. The van der Waals surface area contributed by atoms with E-state index in [2.05, 4.69) is 20.3 Å². The first-order valence-electron chi connectivity index (χ1n) is 15.8. The zero-order valence-corrected chi connectivity index (χ0v) is 33.3. The van der Waals surface area contributed by atoms with Crippen molar-refractivity contribution in [3.05, 3.63) is 87.6 Å². The number of urea groups is 1. The fourth-order valence-corrected chi connectivity index (χ4v) is 5.89. The molecule has 3 amide bonds. The number of nitro benzene ring substituents is 1. The van der Waals surface area contributed by atoms with E-state index in [0.29, 0.717) is 5.75 Å². The monoisotopic (exact) mass is 855 g/mol. The van der Waals surface area contributed by atoms with Crippen molar-refractivity contribution in [2.75, 3.05) is 52.2 Å². The molecule has 8 N–H and O–H groups in total. The molecule has 0 fully saturated rings. The van der Waals surface area contributed by atoms with Crippen LogP contribution in [0.3, 0.4) is 0 Å². The number of halogens is 1. The van der Waals surface area contributed by atoms with E-state index >= 15 is 0 Å². The van der Waals surface area contributed by atoms with Crippen LogP contribution in [0.2, 0.25) is 5.02 Å². The summed E-state index contributed by atoms with van der Waals surface area (Å²) in [5, 5.41) is 20.6. The maximum atomic E-state index is 12.5. The zero-order chi connectivity index (χ0) is 43.1. The molecular weight excluding hydrogens is 817 g/mol. The van der Waals surface area contributed by atoms with E-state index in [0.717, 1.165) is 0 Å².